The van der Waals surface area contributed by atoms with Gasteiger partial charge >= 0.3 is 0 Å². The van der Waals surface area contributed by atoms with Crippen molar-refractivity contribution in [1.82, 2.24) is 0 Å². The Morgan fingerprint density at radius 1 is 1.50 bits per heavy atom. The summed E-state index contributed by atoms with van der Waals surface area (Å²) in [5.74, 6) is 0. The molecule has 0 bridgehead atoms. The molecule has 0 aromatic heterocycles. The Hall–Kier alpha value is -0.410. The molecule has 0 fully saturated rings. The first kappa shape index (κ1) is 9.68. The van der Waals surface area contributed by atoms with Gasteiger partial charge in [0.25, 0.3) is 0 Å². The van der Waals surface area contributed by atoms with Crippen molar-refractivity contribution in [2.45, 2.75) is 13.8 Å². The Morgan fingerprint density at radius 2 is 2.17 bits per heavy atom. The van der Waals surface area contributed by atoms with E-state index in [-0.39, 0.29) is 0 Å². The van der Waals surface area contributed by atoms with Gasteiger partial charge in [-0.3, -0.25) is 0 Å². The lowest BCUT2D eigenvalue weighted by Gasteiger charge is -2.00. The van der Waals surface area contributed by atoms with Crippen molar-refractivity contribution >= 4 is 32.1 Å². The lowest BCUT2D eigenvalue weighted by atomic mass is 10.1. The van der Waals surface area contributed by atoms with E-state index < -0.39 is 0 Å². The maximum Gasteiger partial charge on any atom is 0.0923 e. The second-order valence-corrected chi connectivity index (χ2v) is 4.24. The molecule has 3 heteroatoms. The van der Waals surface area contributed by atoms with E-state index in [1.165, 1.54) is 0 Å². The van der Waals surface area contributed by atoms with E-state index in [1.54, 1.807) is 0 Å². The van der Waals surface area contributed by atoms with Crippen LogP contribution in [0.5, 0.6) is 0 Å². The zero-order valence-electron chi connectivity index (χ0n) is 6.93. The van der Waals surface area contributed by atoms with E-state index in [0.29, 0.717) is 11.3 Å². The lowest BCUT2D eigenvalue weighted by molar-refractivity contribution is 0.701. The average Bonchev–Trinajstić information content (AvgIpc) is 2.08. The van der Waals surface area contributed by atoms with Crippen LogP contribution in [0.2, 0.25) is 0 Å². The van der Waals surface area contributed by atoms with Crippen molar-refractivity contribution in [2.75, 3.05) is 0 Å². The largest absolute Gasteiger partial charge is 0.212 e. The first-order chi connectivity index (χ1) is 5.65. The van der Waals surface area contributed by atoms with Crippen LogP contribution in [0.4, 0.5) is 0 Å². The van der Waals surface area contributed by atoms with E-state index in [9.17, 15) is 4.21 Å². The van der Waals surface area contributed by atoms with Crippen molar-refractivity contribution in [3.63, 3.8) is 0 Å². The molecular weight excluding hydrogens is 236 g/mol. The van der Waals surface area contributed by atoms with Crippen LogP contribution in [0.3, 0.4) is 0 Å². The molecular formula is C9H9BrOS. The van der Waals surface area contributed by atoms with Gasteiger partial charge in [0.15, 0.2) is 0 Å². The maximum absolute atomic E-state index is 10.5. The maximum atomic E-state index is 10.5. The SMILES string of the molecule is CC(=S=O)c1ccc(Br)c(C)c1. The summed E-state index contributed by atoms with van der Waals surface area (Å²) in [5.41, 5.74) is 2.16. The normalized spacial score (nSPS) is 9.58. The molecule has 64 valence electrons. The summed E-state index contributed by atoms with van der Waals surface area (Å²) in [5, 5.41) is 0. The molecule has 0 aliphatic carbocycles. The van der Waals surface area contributed by atoms with Gasteiger partial charge in [-0.15, -0.1) is 0 Å². The number of hydrogen-bond acceptors (Lipinski definition) is 1. The van der Waals surface area contributed by atoms with Crippen LogP contribution in [0.1, 0.15) is 18.1 Å². The second kappa shape index (κ2) is 4.01. The van der Waals surface area contributed by atoms with E-state index in [4.69, 9.17) is 0 Å². The number of halogens is 1. The molecule has 1 aromatic rings. The molecule has 0 saturated heterocycles. The zero-order chi connectivity index (χ0) is 9.14. The van der Waals surface area contributed by atoms with Crippen molar-refractivity contribution in [3.8, 4) is 0 Å². The van der Waals surface area contributed by atoms with Crippen LogP contribution in [0.15, 0.2) is 22.7 Å². The molecule has 1 aromatic carbocycles. The highest BCUT2D eigenvalue weighted by Crippen LogP contribution is 2.17. The Balaban J connectivity index is 3.22. The quantitative estimate of drug-likeness (QED) is 0.548. The molecule has 0 unspecified atom stereocenters. The van der Waals surface area contributed by atoms with Crippen molar-refractivity contribution in [2.24, 2.45) is 0 Å². The van der Waals surface area contributed by atoms with Crippen LogP contribution in [-0.2, 0) is 11.3 Å². The summed E-state index contributed by atoms with van der Waals surface area (Å²) >= 11 is 3.95. The number of benzene rings is 1. The van der Waals surface area contributed by atoms with Crippen molar-refractivity contribution in [1.29, 1.82) is 0 Å². The minimum atomic E-state index is 0.544. The molecule has 0 atom stereocenters. The van der Waals surface area contributed by atoms with Gasteiger partial charge < -0.3 is 0 Å². The fourth-order valence-electron chi connectivity index (χ4n) is 0.912. The van der Waals surface area contributed by atoms with Gasteiger partial charge in [0.2, 0.25) is 0 Å². The van der Waals surface area contributed by atoms with E-state index in [2.05, 4.69) is 15.9 Å². The summed E-state index contributed by atoms with van der Waals surface area (Å²) in [4.78, 5) is 0.811. The van der Waals surface area contributed by atoms with Gasteiger partial charge in [-0.05, 0) is 37.1 Å². The van der Waals surface area contributed by atoms with E-state index >= 15 is 0 Å². The molecule has 0 heterocycles. The molecule has 0 N–H and O–H groups in total. The van der Waals surface area contributed by atoms with E-state index in [1.807, 2.05) is 32.0 Å². The Morgan fingerprint density at radius 3 is 2.67 bits per heavy atom. The highest BCUT2D eigenvalue weighted by atomic mass is 79.9. The van der Waals surface area contributed by atoms with Crippen LogP contribution < -0.4 is 0 Å². The summed E-state index contributed by atoms with van der Waals surface area (Å²) in [6.07, 6.45) is 0. The lowest BCUT2D eigenvalue weighted by Crippen LogP contribution is -1.93. The topological polar surface area (TPSA) is 17.1 Å². The predicted octanol–water partition coefficient (Wildman–Crippen LogP) is 2.51. The molecule has 0 aliphatic rings. The molecule has 12 heavy (non-hydrogen) atoms. The number of rotatable bonds is 1. The highest BCUT2D eigenvalue weighted by Gasteiger charge is 1.98. The third kappa shape index (κ3) is 2.05. The van der Waals surface area contributed by atoms with Gasteiger partial charge in [-0.2, -0.15) is 0 Å². The van der Waals surface area contributed by atoms with Crippen molar-refractivity contribution in [3.05, 3.63) is 33.8 Å². The van der Waals surface area contributed by atoms with Crippen LogP contribution in [0, 0.1) is 6.92 Å². The average molecular weight is 245 g/mol. The fraction of sp³-hybridized carbons (Fsp3) is 0.222. The monoisotopic (exact) mass is 244 g/mol. The summed E-state index contributed by atoms with van der Waals surface area (Å²) in [6.45, 7) is 3.84. The van der Waals surface area contributed by atoms with Gasteiger partial charge in [0, 0.05) is 9.34 Å². The standard InChI is InChI=1S/C9H9BrOS/c1-6-5-8(7(2)12-11)3-4-9(6)10/h3-5H,1-2H3. The molecule has 0 radical (unpaired) electrons. The number of aryl methyl sites for hydroxylation is 1. The minimum absolute atomic E-state index is 0.544. The highest BCUT2D eigenvalue weighted by molar-refractivity contribution is 9.10. The van der Waals surface area contributed by atoms with Gasteiger partial charge in [-0.1, -0.05) is 22.0 Å². The van der Waals surface area contributed by atoms with Crippen LogP contribution in [0.25, 0.3) is 0 Å². The first-order valence-electron chi connectivity index (χ1n) is 3.55. The Kier molecular flexibility index (Phi) is 3.23. The third-order valence-corrected chi connectivity index (χ3v) is 3.06. The Labute approximate surface area is 84.0 Å². The molecule has 1 nitrogen and oxygen atoms in total. The summed E-state index contributed by atoms with van der Waals surface area (Å²) < 4.78 is 11.6. The van der Waals surface area contributed by atoms with Crippen molar-refractivity contribution < 1.29 is 4.21 Å². The van der Waals surface area contributed by atoms with Crippen LogP contribution in [-0.4, -0.2) is 9.07 Å². The third-order valence-electron chi connectivity index (χ3n) is 1.69. The molecule has 0 aliphatic heterocycles. The number of hydrogen-bond donors (Lipinski definition) is 0. The molecule has 0 spiro atoms. The van der Waals surface area contributed by atoms with Gasteiger partial charge in [-0.25, -0.2) is 4.21 Å². The minimum Gasteiger partial charge on any atom is -0.212 e. The first-order valence-corrected chi connectivity index (χ1v) is 5.08. The smallest absolute Gasteiger partial charge is 0.0923 e. The van der Waals surface area contributed by atoms with Gasteiger partial charge in [0.05, 0.1) is 11.3 Å². The van der Waals surface area contributed by atoms with Crippen LogP contribution >= 0.6 is 15.9 Å². The molecule has 0 amide bonds. The van der Waals surface area contributed by atoms with E-state index in [0.717, 1.165) is 20.5 Å². The Bertz CT molecular complexity index is 354. The molecule has 1 rings (SSSR count). The predicted molar refractivity (Wildman–Crippen MR) is 56.8 cm³/mol. The summed E-state index contributed by atoms with van der Waals surface area (Å²) in [7, 11) is 0. The van der Waals surface area contributed by atoms with Gasteiger partial charge in [0.1, 0.15) is 0 Å². The fourth-order valence-corrected chi connectivity index (χ4v) is 1.38. The zero-order valence-corrected chi connectivity index (χ0v) is 9.33. The second-order valence-electron chi connectivity index (χ2n) is 2.60. The molecule has 0 saturated carbocycles. The summed E-state index contributed by atoms with van der Waals surface area (Å²) in [6, 6.07) is 5.91.